The molecular formula is C50H60N12O2. The van der Waals surface area contributed by atoms with Crippen LogP contribution in [0.3, 0.4) is 0 Å². The van der Waals surface area contributed by atoms with Crippen LogP contribution in [0, 0.1) is 13.8 Å². The van der Waals surface area contributed by atoms with Gasteiger partial charge in [-0.05, 0) is 63.8 Å². The monoisotopic (exact) mass is 860 g/mol. The normalized spacial score (nSPS) is 11.3. The molecular weight excluding hydrogens is 801 g/mol. The SMILES string of the molecule is Cc1ccc(CNc2nc(N(CCO)Cc3ccccc3)nc3c2ncn3C(C)C)cc1.Cc1ccc(CNc2nc(N(CCO)Cc3ccccc3)nc3c2ncn3C(C)C)cc1. The van der Waals surface area contributed by atoms with Crippen LogP contribution in [0.4, 0.5) is 23.5 Å². The lowest BCUT2D eigenvalue weighted by Gasteiger charge is -2.23. The third kappa shape index (κ3) is 11.4. The number of aliphatic hydroxyl groups excluding tert-OH is 2. The summed E-state index contributed by atoms with van der Waals surface area (Å²) in [5, 5.41) is 26.3. The summed E-state index contributed by atoms with van der Waals surface area (Å²) < 4.78 is 4.11. The number of rotatable bonds is 18. The summed E-state index contributed by atoms with van der Waals surface area (Å²) in [6.07, 6.45) is 3.64. The number of aryl methyl sites for hydroxylation is 2. The number of nitrogens with one attached hydrogen (secondary N) is 2. The number of imidazole rings is 2. The Kier molecular flexibility index (Phi) is 15.1. The van der Waals surface area contributed by atoms with Gasteiger partial charge in [-0.1, -0.05) is 120 Å². The summed E-state index contributed by atoms with van der Waals surface area (Å²) in [7, 11) is 0. The minimum absolute atomic E-state index is 0.0177. The number of anilines is 4. The van der Waals surface area contributed by atoms with E-state index < -0.39 is 0 Å². The molecule has 64 heavy (non-hydrogen) atoms. The van der Waals surface area contributed by atoms with Crippen molar-refractivity contribution in [2.24, 2.45) is 0 Å². The molecule has 0 unspecified atom stereocenters. The van der Waals surface area contributed by atoms with E-state index in [-0.39, 0.29) is 25.3 Å². The van der Waals surface area contributed by atoms with E-state index in [9.17, 15) is 10.2 Å². The van der Waals surface area contributed by atoms with Crippen LogP contribution in [0.5, 0.6) is 0 Å². The predicted molar refractivity (Wildman–Crippen MR) is 258 cm³/mol. The maximum absolute atomic E-state index is 9.71. The predicted octanol–water partition coefficient (Wildman–Crippen LogP) is 8.65. The summed E-state index contributed by atoms with van der Waals surface area (Å²) in [6.45, 7) is 16.0. The highest BCUT2D eigenvalue weighted by atomic mass is 16.3. The first-order chi connectivity index (χ1) is 31.1. The molecule has 0 aliphatic heterocycles. The van der Waals surface area contributed by atoms with E-state index in [1.54, 1.807) is 0 Å². The number of benzene rings is 4. The Morgan fingerprint density at radius 2 is 0.875 bits per heavy atom. The van der Waals surface area contributed by atoms with E-state index in [0.29, 0.717) is 62.8 Å². The molecule has 0 aliphatic rings. The first-order valence-corrected chi connectivity index (χ1v) is 22.0. The fourth-order valence-electron chi connectivity index (χ4n) is 7.23. The zero-order chi connectivity index (χ0) is 45.0. The number of aliphatic hydroxyl groups is 2. The van der Waals surface area contributed by atoms with E-state index in [1.807, 2.05) is 58.9 Å². The Labute approximate surface area is 375 Å². The van der Waals surface area contributed by atoms with Crippen LogP contribution < -0.4 is 20.4 Å². The number of hydrogen-bond acceptors (Lipinski definition) is 12. The van der Waals surface area contributed by atoms with E-state index in [4.69, 9.17) is 19.9 Å². The highest BCUT2D eigenvalue weighted by molar-refractivity contribution is 5.85. The summed E-state index contributed by atoms with van der Waals surface area (Å²) >= 11 is 0. The van der Waals surface area contributed by atoms with Crippen LogP contribution in [0.15, 0.2) is 122 Å². The molecule has 8 rings (SSSR count). The van der Waals surface area contributed by atoms with Crippen LogP contribution in [0.2, 0.25) is 0 Å². The Balaban J connectivity index is 0.000000191. The second-order valence-electron chi connectivity index (χ2n) is 16.5. The van der Waals surface area contributed by atoms with E-state index in [0.717, 1.165) is 33.5 Å². The van der Waals surface area contributed by atoms with Gasteiger partial charge in [-0.15, -0.1) is 0 Å². The minimum atomic E-state index is 0.0177. The van der Waals surface area contributed by atoms with Crippen molar-refractivity contribution in [1.82, 2.24) is 39.0 Å². The van der Waals surface area contributed by atoms with Gasteiger partial charge in [0.15, 0.2) is 34.0 Å². The smallest absolute Gasteiger partial charge is 0.229 e. The molecule has 332 valence electrons. The molecule has 0 radical (unpaired) electrons. The minimum Gasteiger partial charge on any atom is -0.395 e. The Morgan fingerprint density at radius 3 is 1.22 bits per heavy atom. The van der Waals surface area contributed by atoms with Crippen molar-refractivity contribution in [3.63, 3.8) is 0 Å². The van der Waals surface area contributed by atoms with E-state index >= 15 is 0 Å². The topological polar surface area (TPSA) is 158 Å². The molecule has 14 heteroatoms. The fourth-order valence-corrected chi connectivity index (χ4v) is 7.23. The van der Waals surface area contributed by atoms with Gasteiger partial charge in [0.2, 0.25) is 11.9 Å². The summed E-state index contributed by atoms with van der Waals surface area (Å²) in [5.74, 6) is 2.54. The molecule has 0 spiro atoms. The van der Waals surface area contributed by atoms with Gasteiger partial charge in [-0.3, -0.25) is 0 Å². The summed E-state index contributed by atoms with van der Waals surface area (Å²) in [5.41, 5.74) is 10.1. The van der Waals surface area contributed by atoms with E-state index in [2.05, 4.69) is 144 Å². The molecule has 4 N–H and O–H groups in total. The van der Waals surface area contributed by atoms with Crippen LogP contribution in [-0.4, -0.2) is 75.6 Å². The first-order valence-electron chi connectivity index (χ1n) is 22.0. The van der Waals surface area contributed by atoms with Gasteiger partial charge in [0.1, 0.15) is 0 Å². The molecule has 0 saturated carbocycles. The molecule has 4 aromatic heterocycles. The molecule has 0 saturated heterocycles. The zero-order valence-electron chi connectivity index (χ0n) is 37.7. The lowest BCUT2D eigenvalue weighted by Crippen LogP contribution is -2.28. The van der Waals surface area contributed by atoms with Crippen molar-refractivity contribution in [3.8, 4) is 0 Å². The summed E-state index contributed by atoms with van der Waals surface area (Å²) in [6, 6.07) is 37.6. The van der Waals surface area contributed by atoms with Gasteiger partial charge >= 0.3 is 0 Å². The maximum atomic E-state index is 9.71. The highest BCUT2D eigenvalue weighted by Gasteiger charge is 2.21. The van der Waals surface area contributed by atoms with Crippen molar-refractivity contribution in [2.45, 2.75) is 79.8 Å². The zero-order valence-corrected chi connectivity index (χ0v) is 37.7. The Hall–Kier alpha value is -6.90. The molecule has 0 amide bonds. The maximum Gasteiger partial charge on any atom is 0.229 e. The average Bonchev–Trinajstić information content (AvgIpc) is 3.95. The van der Waals surface area contributed by atoms with Crippen molar-refractivity contribution >= 4 is 45.9 Å². The fraction of sp³-hybridized carbons (Fsp3) is 0.320. The molecule has 14 nitrogen and oxygen atoms in total. The quantitative estimate of drug-likeness (QED) is 0.0652. The number of hydrogen-bond donors (Lipinski definition) is 4. The first kappa shape index (κ1) is 45.1. The standard InChI is InChI=1S/2C25H30N6O/c2*1-18(2)31-17-27-22-23(26-15-20-11-9-19(3)10-12-20)28-25(29-24(22)31)30(13-14-32)16-21-7-5-4-6-8-21/h2*4-12,17-18,32H,13-16H2,1-3H3,(H,26,28,29). The van der Waals surface area contributed by atoms with Gasteiger partial charge < -0.3 is 39.8 Å². The van der Waals surface area contributed by atoms with E-state index in [1.165, 1.54) is 22.3 Å². The van der Waals surface area contributed by atoms with Gasteiger partial charge in [0, 0.05) is 51.4 Å². The van der Waals surface area contributed by atoms with Gasteiger partial charge in [-0.2, -0.15) is 19.9 Å². The average molecular weight is 861 g/mol. The summed E-state index contributed by atoms with van der Waals surface area (Å²) in [4.78, 5) is 32.6. The highest BCUT2D eigenvalue weighted by Crippen LogP contribution is 2.28. The lowest BCUT2D eigenvalue weighted by molar-refractivity contribution is 0.300. The van der Waals surface area contributed by atoms with Crippen LogP contribution >= 0.6 is 0 Å². The number of nitrogens with zero attached hydrogens (tertiary/aromatic N) is 10. The lowest BCUT2D eigenvalue weighted by atomic mass is 10.1. The molecule has 4 aromatic carbocycles. The molecule has 8 aromatic rings. The second kappa shape index (κ2) is 21.5. The Bertz CT molecular complexity index is 2500. The van der Waals surface area contributed by atoms with Gasteiger partial charge in [-0.25, -0.2) is 9.97 Å². The molecule has 0 atom stereocenters. The van der Waals surface area contributed by atoms with Crippen LogP contribution in [0.1, 0.15) is 73.2 Å². The molecule has 4 heterocycles. The van der Waals surface area contributed by atoms with Crippen molar-refractivity contribution in [2.75, 3.05) is 46.7 Å². The number of aromatic nitrogens is 8. The second-order valence-corrected chi connectivity index (χ2v) is 16.5. The van der Waals surface area contributed by atoms with Crippen LogP contribution in [0.25, 0.3) is 22.3 Å². The van der Waals surface area contributed by atoms with Gasteiger partial charge in [0.05, 0.1) is 25.9 Å². The van der Waals surface area contributed by atoms with Crippen molar-refractivity contribution < 1.29 is 10.2 Å². The van der Waals surface area contributed by atoms with Gasteiger partial charge in [0.25, 0.3) is 0 Å². The largest absolute Gasteiger partial charge is 0.395 e. The Morgan fingerprint density at radius 1 is 0.500 bits per heavy atom. The molecule has 0 aliphatic carbocycles. The third-order valence-electron chi connectivity index (χ3n) is 10.8. The third-order valence-corrected chi connectivity index (χ3v) is 10.8. The van der Waals surface area contributed by atoms with Crippen LogP contribution in [-0.2, 0) is 26.2 Å². The van der Waals surface area contributed by atoms with Crippen molar-refractivity contribution in [1.29, 1.82) is 0 Å². The number of fused-ring (bicyclic) bond motifs is 2. The molecule has 0 bridgehead atoms. The molecule has 0 fully saturated rings. The van der Waals surface area contributed by atoms with Crippen molar-refractivity contribution in [3.05, 3.63) is 155 Å².